The van der Waals surface area contributed by atoms with Crippen molar-refractivity contribution < 1.29 is 5.11 Å². The number of aromatic hydroxyl groups is 1. The van der Waals surface area contributed by atoms with E-state index < -0.39 is 0 Å². The van der Waals surface area contributed by atoms with Gasteiger partial charge in [-0.1, -0.05) is 11.6 Å². The maximum Gasteiger partial charge on any atom is 0.156 e. The Bertz CT molecular complexity index is 586. The van der Waals surface area contributed by atoms with Crippen molar-refractivity contribution >= 4 is 51.4 Å². The van der Waals surface area contributed by atoms with Gasteiger partial charge in [-0.15, -0.1) is 0 Å². The maximum absolute atomic E-state index is 9.86. The summed E-state index contributed by atoms with van der Waals surface area (Å²) >= 11 is 8.01. The van der Waals surface area contributed by atoms with Gasteiger partial charge in [-0.25, -0.2) is 4.98 Å². The summed E-state index contributed by atoms with van der Waals surface area (Å²) in [5, 5.41) is 10.3. The quantitative estimate of drug-likeness (QED) is 0.637. The summed E-state index contributed by atoms with van der Waals surface area (Å²) in [6, 6.07) is 1.65. The Kier molecular flexibility index (Phi) is 3.25. The number of phenolic OH excluding ortho intramolecular Hbond substituents is 1. The molecule has 1 aromatic heterocycles. The molecule has 1 N–H and O–H groups in total. The van der Waals surface area contributed by atoms with E-state index in [9.17, 15) is 5.11 Å². The SMILES string of the molecule is CN=Cc1cnc2c(Cl)cc(I)c(O)c2n1. The predicted octanol–water partition coefficient (Wildman–Crippen LogP) is 2.64. The van der Waals surface area contributed by atoms with Crippen molar-refractivity contribution in [2.45, 2.75) is 0 Å². The first-order chi connectivity index (χ1) is 7.63. The second kappa shape index (κ2) is 4.50. The van der Waals surface area contributed by atoms with Crippen LogP contribution in [0, 0.1) is 3.57 Å². The Labute approximate surface area is 111 Å². The van der Waals surface area contributed by atoms with Crippen molar-refractivity contribution in [1.29, 1.82) is 0 Å². The number of fused-ring (bicyclic) bond motifs is 1. The Balaban J connectivity index is 2.81. The van der Waals surface area contributed by atoms with Crippen LogP contribution in [0.4, 0.5) is 0 Å². The average Bonchev–Trinajstić information content (AvgIpc) is 2.26. The fourth-order valence-corrected chi connectivity index (χ4v) is 2.30. The molecule has 16 heavy (non-hydrogen) atoms. The summed E-state index contributed by atoms with van der Waals surface area (Å²) in [4.78, 5) is 12.2. The van der Waals surface area contributed by atoms with Crippen LogP contribution in [-0.2, 0) is 0 Å². The summed E-state index contributed by atoms with van der Waals surface area (Å²) in [6.07, 6.45) is 3.13. The van der Waals surface area contributed by atoms with E-state index in [4.69, 9.17) is 11.6 Å². The second-order valence-electron chi connectivity index (χ2n) is 3.07. The van der Waals surface area contributed by atoms with Gasteiger partial charge >= 0.3 is 0 Å². The highest BCUT2D eigenvalue weighted by atomic mass is 127. The van der Waals surface area contributed by atoms with Crippen molar-refractivity contribution in [3.63, 3.8) is 0 Å². The van der Waals surface area contributed by atoms with E-state index in [0.29, 0.717) is 25.3 Å². The molecule has 0 aliphatic heterocycles. The number of aliphatic imine (C=N–C) groups is 1. The molecule has 6 heteroatoms. The Morgan fingerprint density at radius 3 is 2.94 bits per heavy atom. The largest absolute Gasteiger partial charge is 0.505 e. The maximum atomic E-state index is 9.86. The summed E-state index contributed by atoms with van der Waals surface area (Å²) in [5.74, 6) is 0.0962. The third-order valence-electron chi connectivity index (χ3n) is 1.98. The molecule has 1 aromatic carbocycles. The van der Waals surface area contributed by atoms with Crippen molar-refractivity contribution in [3.8, 4) is 5.75 Å². The van der Waals surface area contributed by atoms with Gasteiger partial charge in [0, 0.05) is 13.3 Å². The number of benzene rings is 1. The molecule has 2 rings (SSSR count). The van der Waals surface area contributed by atoms with Crippen LogP contribution in [0.3, 0.4) is 0 Å². The first-order valence-corrected chi connectivity index (χ1v) is 5.85. The number of rotatable bonds is 1. The van der Waals surface area contributed by atoms with Gasteiger partial charge < -0.3 is 5.11 Å². The third-order valence-corrected chi connectivity index (χ3v) is 3.09. The topological polar surface area (TPSA) is 58.4 Å². The Hall–Kier alpha value is -0.950. The number of nitrogens with zero attached hydrogens (tertiary/aromatic N) is 3. The third kappa shape index (κ3) is 1.97. The Morgan fingerprint density at radius 1 is 1.50 bits per heavy atom. The monoisotopic (exact) mass is 347 g/mol. The summed E-state index contributed by atoms with van der Waals surface area (Å²) < 4.78 is 0.648. The fourth-order valence-electron chi connectivity index (χ4n) is 1.30. The standard InChI is InChI=1S/C10H7ClIN3O/c1-13-3-5-4-14-8-6(11)2-7(12)10(16)9(8)15-5/h2-4,16H,1H3. The fraction of sp³-hybridized carbons (Fsp3) is 0.100. The Morgan fingerprint density at radius 2 is 2.25 bits per heavy atom. The zero-order valence-corrected chi connectivity index (χ0v) is 11.2. The second-order valence-corrected chi connectivity index (χ2v) is 4.64. The number of hydrogen-bond acceptors (Lipinski definition) is 4. The highest BCUT2D eigenvalue weighted by Gasteiger charge is 2.11. The molecule has 82 valence electrons. The highest BCUT2D eigenvalue weighted by Crippen LogP contribution is 2.32. The van der Waals surface area contributed by atoms with E-state index in [1.807, 2.05) is 22.6 Å². The van der Waals surface area contributed by atoms with Gasteiger partial charge in [0.1, 0.15) is 11.0 Å². The van der Waals surface area contributed by atoms with Crippen molar-refractivity contribution in [3.05, 3.63) is 26.5 Å². The van der Waals surface area contributed by atoms with Crippen molar-refractivity contribution in [2.75, 3.05) is 7.05 Å². The highest BCUT2D eigenvalue weighted by molar-refractivity contribution is 14.1. The molecule has 4 nitrogen and oxygen atoms in total. The number of aromatic nitrogens is 2. The van der Waals surface area contributed by atoms with E-state index in [-0.39, 0.29) is 5.75 Å². The molecule has 0 bridgehead atoms. The van der Waals surface area contributed by atoms with Crippen LogP contribution in [0.1, 0.15) is 5.69 Å². The minimum Gasteiger partial charge on any atom is -0.505 e. The molecule has 2 aromatic rings. The average molecular weight is 348 g/mol. The van der Waals surface area contributed by atoms with Gasteiger partial charge in [0.15, 0.2) is 5.75 Å². The minimum atomic E-state index is 0.0962. The normalized spacial score (nSPS) is 11.4. The van der Waals surface area contributed by atoms with Gasteiger partial charge in [-0.3, -0.25) is 9.98 Å². The van der Waals surface area contributed by atoms with Gasteiger partial charge in [-0.2, -0.15) is 0 Å². The first kappa shape index (κ1) is 11.5. The van der Waals surface area contributed by atoms with Crippen molar-refractivity contribution in [2.24, 2.45) is 4.99 Å². The lowest BCUT2D eigenvalue weighted by atomic mass is 10.2. The number of halogens is 2. The zero-order valence-electron chi connectivity index (χ0n) is 8.28. The molecule has 0 atom stereocenters. The van der Waals surface area contributed by atoms with Crippen LogP contribution < -0.4 is 0 Å². The predicted molar refractivity (Wildman–Crippen MR) is 72.4 cm³/mol. The summed E-state index contributed by atoms with van der Waals surface area (Å²) in [7, 11) is 1.65. The minimum absolute atomic E-state index is 0.0962. The molecule has 0 amide bonds. The van der Waals surface area contributed by atoms with E-state index in [2.05, 4.69) is 15.0 Å². The van der Waals surface area contributed by atoms with Crippen LogP contribution in [0.15, 0.2) is 17.3 Å². The molecule has 0 saturated carbocycles. The smallest absolute Gasteiger partial charge is 0.156 e. The summed E-state index contributed by atoms with van der Waals surface area (Å²) in [6.45, 7) is 0. The lowest BCUT2D eigenvalue weighted by Crippen LogP contribution is -1.93. The van der Waals surface area contributed by atoms with Crippen LogP contribution in [0.5, 0.6) is 5.75 Å². The molecule has 0 fully saturated rings. The lowest BCUT2D eigenvalue weighted by molar-refractivity contribution is 0.476. The van der Waals surface area contributed by atoms with Crippen LogP contribution in [0.25, 0.3) is 11.0 Å². The molecule has 0 aliphatic rings. The van der Waals surface area contributed by atoms with Crippen LogP contribution >= 0.6 is 34.2 Å². The van der Waals surface area contributed by atoms with Gasteiger partial charge in [0.2, 0.25) is 0 Å². The molecule has 0 unspecified atom stereocenters. The van der Waals surface area contributed by atoms with Crippen LogP contribution in [0.2, 0.25) is 5.02 Å². The van der Waals surface area contributed by atoms with Crippen molar-refractivity contribution in [1.82, 2.24) is 9.97 Å². The van der Waals surface area contributed by atoms with E-state index in [1.54, 1.807) is 25.5 Å². The lowest BCUT2D eigenvalue weighted by Gasteiger charge is -2.04. The molecule has 0 saturated heterocycles. The molecule has 0 radical (unpaired) electrons. The van der Waals surface area contributed by atoms with Crippen LogP contribution in [-0.4, -0.2) is 28.3 Å². The zero-order chi connectivity index (χ0) is 11.7. The molecule has 0 aliphatic carbocycles. The molecule has 0 spiro atoms. The first-order valence-electron chi connectivity index (χ1n) is 4.39. The van der Waals surface area contributed by atoms with E-state index in [1.165, 1.54) is 0 Å². The van der Waals surface area contributed by atoms with Gasteiger partial charge in [-0.05, 0) is 28.7 Å². The summed E-state index contributed by atoms with van der Waals surface area (Å²) in [5.41, 5.74) is 1.48. The van der Waals surface area contributed by atoms with E-state index in [0.717, 1.165) is 0 Å². The number of hydrogen-bond donors (Lipinski definition) is 1. The van der Waals surface area contributed by atoms with E-state index >= 15 is 0 Å². The molecular formula is C10H7ClIN3O. The molecular weight excluding hydrogens is 340 g/mol. The number of phenols is 1. The van der Waals surface area contributed by atoms with Gasteiger partial charge in [0.25, 0.3) is 0 Å². The van der Waals surface area contributed by atoms with Gasteiger partial charge in [0.05, 0.1) is 20.5 Å². The molecule has 1 heterocycles.